The van der Waals surface area contributed by atoms with Crippen LogP contribution in [0.4, 0.5) is 0 Å². The number of aromatic nitrogens is 4. The average molecular weight is 614 g/mol. The minimum absolute atomic E-state index is 0.0744. The molecule has 0 saturated carbocycles. The Hall–Kier alpha value is -2.37. The first kappa shape index (κ1) is 27.9. The van der Waals surface area contributed by atoms with Crippen molar-refractivity contribution in [1.82, 2.24) is 18.3 Å². The van der Waals surface area contributed by atoms with Gasteiger partial charge < -0.3 is 24.1 Å². The molecular weight excluding hydrogens is 592 g/mol. The van der Waals surface area contributed by atoms with Gasteiger partial charge in [-0.2, -0.15) is 0 Å². The second-order valence-corrected chi connectivity index (χ2v) is 8.30. The van der Waals surface area contributed by atoms with Crippen molar-refractivity contribution in [3.63, 3.8) is 0 Å². The van der Waals surface area contributed by atoms with E-state index < -0.39 is 34.6 Å². The van der Waals surface area contributed by atoms with E-state index in [0.717, 1.165) is 21.5 Å². The molecule has 1 N–H and O–H groups in total. The summed E-state index contributed by atoms with van der Waals surface area (Å²) in [6, 6.07) is 0. The lowest BCUT2D eigenvalue weighted by molar-refractivity contribution is -0.142. The molecule has 16 heteroatoms. The van der Waals surface area contributed by atoms with Crippen molar-refractivity contribution in [2.75, 3.05) is 41.0 Å². The van der Waals surface area contributed by atoms with Crippen molar-refractivity contribution < 1.29 is 28.8 Å². The third kappa shape index (κ3) is 6.39. The number of carboxylic acid groups (broad SMARTS) is 1. The van der Waals surface area contributed by atoms with E-state index in [-0.39, 0.29) is 48.8 Å². The molecule has 2 aromatic heterocycles. The van der Waals surface area contributed by atoms with Crippen molar-refractivity contribution in [2.45, 2.75) is 19.3 Å². The molecule has 0 amide bonds. The normalized spacial score (nSPS) is 11.3. The summed E-state index contributed by atoms with van der Waals surface area (Å²) in [4.78, 5) is 63.2. The highest BCUT2D eigenvalue weighted by atomic mass is 79.9. The van der Waals surface area contributed by atoms with Gasteiger partial charge in [0.15, 0.2) is 0 Å². The third-order valence-electron chi connectivity index (χ3n) is 4.38. The Labute approximate surface area is 208 Å². The standard InChI is InChI=1S/C18H22Br2N4O10/c1-31-9-33-5-3-21-14(25)11(19)7-23(17(21)29)13(16(27)28)24-8-12(20)15(26)22(18(24)30)4-6-34-10-32-2/h7-8,13H,3-6,9-10H2,1-2H3,(H,27,28). The van der Waals surface area contributed by atoms with Crippen LogP contribution in [-0.2, 0) is 36.8 Å². The van der Waals surface area contributed by atoms with Gasteiger partial charge in [0.25, 0.3) is 11.1 Å². The monoisotopic (exact) mass is 612 g/mol. The Bertz CT molecular complexity index is 1160. The van der Waals surface area contributed by atoms with E-state index in [2.05, 4.69) is 31.9 Å². The molecule has 0 saturated heterocycles. The smallest absolute Gasteiger partial charge is 0.348 e. The lowest BCUT2D eigenvalue weighted by Gasteiger charge is -2.21. The predicted octanol–water partition coefficient (Wildman–Crippen LogP) is -0.769. The number of nitrogens with zero attached hydrogens (tertiary/aromatic N) is 4. The number of ether oxygens (including phenoxy) is 4. The van der Waals surface area contributed by atoms with Crippen LogP contribution in [0.25, 0.3) is 0 Å². The van der Waals surface area contributed by atoms with Crippen LogP contribution in [0.5, 0.6) is 0 Å². The van der Waals surface area contributed by atoms with Crippen molar-refractivity contribution >= 4 is 37.8 Å². The topological polar surface area (TPSA) is 162 Å². The molecule has 2 aromatic rings. The summed E-state index contributed by atoms with van der Waals surface area (Å²) in [6.07, 6.45) is 0.00654. The van der Waals surface area contributed by atoms with E-state index in [0.29, 0.717) is 9.13 Å². The molecule has 0 spiro atoms. The van der Waals surface area contributed by atoms with Crippen LogP contribution in [0.3, 0.4) is 0 Å². The number of carbonyl (C=O) groups is 1. The lowest BCUT2D eigenvalue weighted by atomic mass is 10.4. The zero-order valence-electron chi connectivity index (χ0n) is 18.1. The quantitative estimate of drug-likeness (QED) is 0.224. The number of halogens is 2. The molecule has 188 valence electrons. The largest absolute Gasteiger partial charge is 0.478 e. The summed E-state index contributed by atoms with van der Waals surface area (Å²) >= 11 is 6.04. The van der Waals surface area contributed by atoms with Crippen LogP contribution in [0.2, 0.25) is 0 Å². The van der Waals surface area contributed by atoms with E-state index in [1.54, 1.807) is 0 Å². The summed E-state index contributed by atoms with van der Waals surface area (Å²) in [5, 5.41) is 9.92. The molecule has 0 fully saturated rings. The fourth-order valence-corrected chi connectivity index (χ4v) is 3.76. The molecule has 0 aliphatic heterocycles. The summed E-state index contributed by atoms with van der Waals surface area (Å²) < 4.78 is 22.3. The molecule has 0 aliphatic rings. The van der Waals surface area contributed by atoms with Gasteiger partial charge in [-0.05, 0) is 31.9 Å². The molecule has 14 nitrogen and oxygen atoms in total. The summed E-state index contributed by atoms with van der Waals surface area (Å²) in [7, 11) is 2.80. The van der Waals surface area contributed by atoms with Crippen LogP contribution in [-0.4, -0.2) is 70.4 Å². The second kappa shape index (κ2) is 12.9. The molecule has 0 atom stereocenters. The Morgan fingerprint density at radius 1 is 0.853 bits per heavy atom. The Balaban J connectivity index is 2.63. The van der Waals surface area contributed by atoms with Crippen LogP contribution in [0, 0.1) is 0 Å². The number of aliphatic carboxylic acids is 1. The Kier molecular flexibility index (Phi) is 10.6. The van der Waals surface area contributed by atoms with E-state index >= 15 is 0 Å². The Morgan fingerprint density at radius 2 is 1.24 bits per heavy atom. The van der Waals surface area contributed by atoms with Crippen molar-refractivity contribution in [2.24, 2.45) is 0 Å². The van der Waals surface area contributed by atoms with Crippen LogP contribution < -0.4 is 22.5 Å². The lowest BCUT2D eigenvalue weighted by Crippen LogP contribution is -2.49. The van der Waals surface area contributed by atoms with Gasteiger partial charge in [0.05, 0.1) is 35.2 Å². The second-order valence-electron chi connectivity index (χ2n) is 6.59. The van der Waals surface area contributed by atoms with Gasteiger partial charge in [0.2, 0.25) is 6.17 Å². The zero-order chi connectivity index (χ0) is 25.4. The van der Waals surface area contributed by atoms with Gasteiger partial charge in [0.1, 0.15) is 13.6 Å². The molecule has 0 bridgehead atoms. The highest BCUT2D eigenvalue weighted by molar-refractivity contribution is 9.10. The van der Waals surface area contributed by atoms with Gasteiger partial charge in [-0.1, -0.05) is 0 Å². The summed E-state index contributed by atoms with van der Waals surface area (Å²) in [5.41, 5.74) is -3.46. The van der Waals surface area contributed by atoms with Crippen LogP contribution in [0.1, 0.15) is 6.17 Å². The number of hydrogen-bond acceptors (Lipinski definition) is 9. The van der Waals surface area contributed by atoms with Crippen molar-refractivity contribution in [3.05, 3.63) is 63.0 Å². The first-order chi connectivity index (χ1) is 16.1. The number of methoxy groups -OCH3 is 2. The van der Waals surface area contributed by atoms with Gasteiger partial charge in [-0.15, -0.1) is 0 Å². The third-order valence-corrected chi connectivity index (χ3v) is 5.46. The molecule has 34 heavy (non-hydrogen) atoms. The van der Waals surface area contributed by atoms with Gasteiger partial charge in [0, 0.05) is 26.6 Å². The first-order valence-corrected chi connectivity index (χ1v) is 11.1. The number of hydrogen-bond donors (Lipinski definition) is 1. The van der Waals surface area contributed by atoms with Crippen molar-refractivity contribution in [1.29, 1.82) is 0 Å². The molecule has 0 aromatic carbocycles. The maximum atomic E-state index is 13.0. The van der Waals surface area contributed by atoms with Gasteiger partial charge in [-0.3, -0.25) is 27.9 Å². The first-order valence-electron chi connectivity index (χ1n) is 9.54. The summed E-state index contributed by atoms with van der Waals surface area (Å²) in [6.45, 7) is -0.713. The molecule has 0 radical (unpaired) electrons. The van der Waals surface area contributed by atoms with E-state index in [4.69, 9.17) is 18.9 Å². The maximum absolute atomic E-state index is 13.0. The SMILES string of the molecule is COCOCCn1c(=O)c(Br)cn(C(C(=O)O)n2cc(Br)c(=O)n(CCOCOC)c2=O)c1=O. The molecule has 2 heterocycles. The van der Waals surface area contributed by atoms with Crippen LogP contribution >= 0.6 is 31.9 Å². The average Bonchev–Trinajstić information content (AvgIpc) is 2.79. The molecule has 0 unspecified atom stereocenters. The van der Waals surface area contributed by atoms with Crippen LogP contribution in [0.15, 0.2) is 40.5 Å². The van der Waals surface area contributed by atoms with Crippen molar-refractivity contribution in [3.8, 4) is 0 Å². The Morgan fingerprint density at radius 3 is 1.56 bits per heavy atom. The molecule has 0 aliphatic carbocycles. The molecular formula is C18H22Br2N4O10. The number of rotatable bonds is 13. The van der Waals surface area contributed by atoms with Gasteiger partial charge in [-0.25, -0.2) is 14.4 Å². The fourth-order valence-electron chi connectivity index (χ4n) is 2.89. The predicted molar refractivity (Wildman–Crippen MR) is 123 cm³/mol. The van der Waals surface area contributed by atoms with Gasteiger partial charge >= 0.3 is 17.3 Å². The highest BCUT2D eigenvalue weighted by Crippen LogP contribution is 2.11. The fraction of sp³-hybridized carbons (Fsp3) is 0.500. The number of carboxylic acids is 1. The highest BCUT2D eigenvalue weighted by Gasteiger charge is 2.28. The molecule has 2 rings (SSSR count). The minimum Gasteiger partial charge on any atom is -0.478 e. The van der Waals surface area contributed by atoms with E-state index in [9.17, 15) is 29.1 Å². The summed E-state index contributed by atoms with van der Waals surface area (Å²) in [5.74, 6) is -1.59. The van der Waals surface area contributed by atoms with E-state index in [1.165, 1.54) is 14.2 Å². The zero-order valence-corrected chi connectivity index (χ0v) is 21.3. The maximum Gasteiger partial charge on any atom is 0.348 e. The van der Waals surface area contributed by atoms with E-state index in [1.807, 2.05) is 0 Å². The minimum atomic E-state index is -1.92.